The zero-order chi connectivity index (χ0) is 22.1. The fourth-order valence-corrected chi connectivity index (χ4v) is 4.96. The second-order valence-corrected chi connectivity index (χ2v) is 10.9. The van der Waals surface area contributed by atoms with Crippen molar-refractivity contribution in [3.63, 3.8) is 0 Å². The number of benzene rings is 2. The van der Waals surface area contributed by atoms with Gasteiger partial charge < -0.3 is 5.32 Å². The summed E-state index contributed by atoms with van der Waals surface area (Å²) in [5.74, 6) is -0.327. The summed E-state index contributed by atoms with van der Waals surface area (Å²) < 4.78 is 26.0. The van der Waals surface area contributed by atoms with Gasteiger partial charge in [0, 0.05) is 44.8 Å². The molecule has 1 heterocycles. The summed E-state index contributed by atoms with van der Waals surface area (Å²) in [6.07, 6.45) is 0.983. The highest BCUT2D eigenvalue weighted by molar-refractivity contribution is 7.89. The van der Waals surface area contributed by atoms with Crippen LogP contribution < -0.4 is 5.32 Å². The first kappa shape index (κ1) is 22.7. The van der Waals surface area contributed by atoms with Gasteiger partial charge in [0.1, 0.15) is 4.90 Å². The molecular formula is C22H28ClN3O3S. The maximum absolute atomic E-state index is 12.8. The standard InChI is InChI=1S/C22H28ClN3O3S/c1-22(2,26-12-11-16-7-5-6-8-18(16)14-26)15-24-21(27)17-9-10-19(23)20(13-17)30(28,29)25(3)4/h5-10,13H,11-12,14-15H2,1-4H3,(H,24,27). The SMILES string of the molecule is CN(C)S(=O)(=O)c1cc(C(=O)NCC(C)(C)N2CCc3ccccc3C2)ccc1Cl. The smallest absolute Gasteiger partial charge is 0.251 e. The van der Waals surface area contributed by atoms with Gasteiger partial charge in [-0.15, -0.1) is 0 Å². The fraction of sp³-hybridized carbons (Fsp3) is 0.409. The van der Waals surface area contributed by atoms with Crippen molar-refractivity contribution in [2.75, 3.05) is 27.2 Å². The summed E-state index contributed by atoms with van der Waals surface area (Å²) in [4.78, 5) is 15.0. The van der Waals surface area contributed by atoms with E-state index < -0.39 is 10.0 Å². The number of nitrogens with one attached hydrogen (secondary N) is 1. The van der Waals surface area contributed by atoms with Crippen LogP contribution in [0.15, 0.2) is 47.4 Å². The van der Waals surface area contributed by atoms with E-state index in [1.807, 2.05) is 0 Å². The number of fused-ring (bicyclic) bond motifs is 1. The quantitative estimate of drug-likeness (QED) is 0.735. The summed E-state index contributed by atoms with van der Waals surface area (Å²) in [7, 11) is -0.883. The average molecular weight is 450 g/mol. The molecule has 2 aromatic rings. The molecule has 0 aromatic heterocycles. The largest absolute Gasteiger partial charge is 0.350 e. The summed E-state index contributed by atoms with van der Waals surface area (Å²) in [5.41, 5.74) is 2.71. The van der Waals surface area contributed by atoms with Crippen LogP contribution in [0, 0.1) is 0 Å². The Morgan fingerprint density at radius 1 is 1.17 bits per heavy atom. The Morgan fingerprint density at radius 3 is 2.50 bits per heavy atom. The maximum atomic E-state index is 12.8. The number of rotatable bonds is 6. The molecule has 1 N–H and O–H groups in total. The molecule has 0 radical (unpaired) electrons. The van der Waals surface area contributed by atoms with Gasteiger partial charge in [0.25, 0.3) is 5.91 Å². The van der Waals surface area contributed by atoms with Gasteiger partial charge in [-0.1, -0.05) is 35.9 Å². The first-order valence-corrected chi connectivity index (χ1v) is 11.7. The highest BCUT2D eigenvalue weighted by atomic mass is 35.5. The molecule has 2 aromatic carbocycles. The number of halogens is 1. The van der Waals surface area contributed by atoms with E-state index in [9.17, 15) is 13.2 Å². The van der Waals surface area contributed by atoms with Crippen LogP contribution in [0.3, 0.4) is 0 Å². The van der Waals surface area contributed by atoms with E-state index in [1.165, 1.54) is 43.4 Å². The van der Waals surface area contributed by atoms with Crippen molar-refractivity contribution in [1.82, 2.24) is 14.5 Å². The molecule has 0 aliphatic carbocycles. The third-order valence-corrected chi connectivity index (χ3v) is 7.92. The van der Waals surface area contributed by atoms with Crippen molar-refractivity contribution < 1.29 is 13.2 Å². The Kier molecular flexibility index (Phi) is 6.57. The van der Waals surface area contributed by atoms with E-state index in [0.29, 0.717) is 6.54 Å². The Balaban J connectivity index is 1.71. The highest BCUT2D eigenvalue weighted by Crippen LogP contribution is 2.26. The van der Waals surface area contributed by atoms with Crippen LogP contribution in [-0.4, -0.2) is 56.3 Å². The van der Waals surface area contributed by atoms with Gasteiger partial charge >= 0.3 is 0 Å². The van der Waals surface area contributed by atoms with E-state index >= 15 is 0 Å². The summed E-state index contributed by atoms with van der Waals surface area (Å²) in [5, 5.41) is 3.05. The second kappa shape index (κ2) is 8.67. The van der Waals surface area contributed by atoms with Crippen LogP contribution in [0.25, 0.3) is 0 Å². The minimum atomic E-state index is -3.74. The molecule has 0 fully saturated rings. The first-order valence-electron chi connectivity index (χ1n) is 9.84. The average Bonchev–Trinajstić information content (AvgIpc) is 2.71. The molecule has 6 nitrogen and oxygen atoms in total. The van der Waals surface area contributed by atoms with Crippen LogP contribution >= 0.6 is 11.6 Å². The molecule has 1 aliphatic rings. The lowest BCUT2D eigenvalue weighted by Crippen LogP contribution is -2.53. The number of sulfonamides is 1. The molecule has 1 aliphatic heterocycles. The lowest BCUT2D eigenvalue weighted by atomic mass is 9.94. The third kappa shape index (κ3) is 4.70. The Morgan fingerprint density at radius 2 is 1.83 bits per heavy atom. The first-order chi connectivity index (χ1) is 14.0. The topological polar surface area (TPSA) is 69.7 Å². The Bertz CT molecular complexity index is 1050. The minimum absolute atomic E-state index is 0.0753. The molecule has 0 saturated carbocycles. The minimum Gasteiger partial charge on any atom is -0.350 e. The Hall–Kier alpha value is -1.93. The lowest BCUT2D eigenvalue weighted by molar-refractivity contribution is 0.0826. The van der Waals surface area contributed by atoms with Crippen molar-refractivity contribution in [1.29, 1.82) is 0 Å². The maximum Gasteiger partial charge on any atom is 0.251 e. The number of hydrogen-bond donors (Lipinski definition) is 1. The molecule has 30 heavy (non-hydrogen) atoms. The number of hydrogen-bond acceptors (Lipinski definition) is 4. The third-order valence-electron chi connectivity index (χ3n) is 5.62. The van der Waals surface area contributed by atoms with Crippen molar-refractivity contribution in [3.8, 4) is 0 Å². The number of amides is 1. The second-order valence-electron chi connectivity index (χ2n) is 8.37. The molecule has 8 heteroatoms. The van der Waals surface area contributed by atoms with Gasteiger partial charge in [-0.25, -0.2) is 12.7 Å². The van der Waals surface area contributed by atoms with E-state index in [4.69, 9.17) is 11.6 Å². The van der Waals surface area contributed by atoms with Crippen molar-refractivity contribution in [2.24, 2.45) is 0 Å². The molecule has 1 amide bonds. The van der Waals surface area contributed by atoms with Crippen molar-refractivity contribution >= 4 is 27.5 Å². The Labute approximate surface area is 183 Å². The highest BCUT2D eigenvalue weighted by Gasteiger charge is 2.30. The predicted octanol–water partition coefficient (Wildman–Crippen LogP) is 3.16. The zero-order valence-corrected chi connectivity index (χ0v) is 19.3. The molecule has 162 valence electrons. The molecule has 0 bridgehead atoms. The normalized spacial score (nSPS) is 15.1. The van der Waals surface area contributed by atoms with Gasteiger partial charge in [-0.3, -0.25) is 9.69 Å². The number of nitrogens with zero attached hydrogens (tertiary/aromatic N) is 2. The van der Waals surface area contributed by atoms with Crippen LogP contribution in [0.2, 0.25) is 5.02 Å². The molecule has 0 spiro atoms. The van der Waals surface area contributed by atoms with E-state index in [2.05, 4.69) is 48.3 Å². The monoisotopic (exact) mass is 449 g/mol. The van der Waals surface area contributed by atoms with E-state index in [-0.39, 0.29) is 26.9 Å². The van der Waals surface area contributed by atoms with E-state index in [1.54, 1.807) is 0 Å². The number of carbonyl (C=O) groups is 1. The van der Waals surface area contributed by atoms with Crippen LogP contribution in [0.5, 0.6) is 0 Å². The van der Waals surface area contributed by atoms with Gasteiger partial charge in [-0.05, 0) is 49.6 Å². The van der Waals surface area contributed by atoms with Crippen LogP contribution in [0.4, 0.5) is 0 Å². The van der Waals surface area contributed by atoms with Gasteiger partial charge in [-0.2, -0.15) is 0 Å². The molecule has 0 saturated heterocycles. The summed E-state index contributed by atoms with van der Waals surface area (Å²) in [6.45, 7) is 6.40. The van der Waals surface area contributed by atoms with Gasteiger partial charge in [0.15, 0.2) is 0 Å². The molecule has 0 unspecified atom stereocenters. The lowest BCUT2D eigenvalue weighted by Gasteiger charge is -2.41. The van der Waals surface area contributed by atoms with Crippen LogP contribution in [0.1, 0.15) is 35.3 Å². The molecule has 3 rings (SSSR count). The molecule has 0 atom stereocenters. The van der Waals surface area contributed by atoms with Gasteiger partial charge in [0.2, 0.25) is 10.0 Å². The number of carbonyl (C=O) groups excluding carboxylic acids is 1. The predicted molar refractivity (Wildman–Crippen MR) is 119 cm³/mol. The fourth-order valence-electron chi connectivity index (χ4n) is 3.56. The van der Waals surface area contributed by atoms with E-state index in [0.717, 1.165) is 23.8 Å². The zero-order valence-electron chi connectivity index (χ0n) is 17.8. The summed E-state index contributed by atoms with van der Waals surface area (Å²) >= 11 is 6.08. The van der Waals surface area contributed by atoms with Crippen LogP contribution in [-0.2, 0) is 23.0 Å². The molecular weight excluding hydrogens is 422 g/mol. The van der Waals surface area contributed by atoms with Crippen molar-refractivity contribution in [2.45, 2.75) is 37.2 Å². The van der Waals surface area contributed by atoms with Crippen molar-refractivity contribution in [3.05, 3.63) is 64.2 Å². The van der Waals surface area contributed by atoms with Gasteiger partial charge in [0.05, 0.1) is 5.02 Å². The summed E-state index contributed by atoms with van der Waals surface area (Å²) in [6, 6.07) is 12.7.